The van der Waals surface area contributed by atoms with Crippen LogP contribution < -0.4 is 0 Å². The fourth-order valence-electron chi connectivity index (χ4n) is 2.24. The van der Waals surface area contributed by atoms with E-state index in [1.807, 2.05) is 0 Å². The van der Waals surface area contributed by atoms with Gasteiger partial charge >= 0.3 is 0 Å². The van der Waals surface area contributed by atoms with E-state index < -0.39 is 12.6 Å². The van der Waals surface area contributed by atoms with Gasteiger partial charge in [0.15, 0.2) is 12.6 Å². The number of hydrogen-bond donors (Lipinski definition) is 2. The molecule has 0 aromatic rings. The van der Waals surface area contributed by atoms with Gasteiger partial charge in [-0.3, -0.25) is 0 Å². The smallest absolute Gasteiger partial charge is 0.178 e. The summed E-state index contributed by atoms with van der Waals surface area (Å²) in [5, 5.41) is 19.2. The summed E-state index contributed by atoms with van der Waals surface area (Å²) in [5.41, 5.74) is 3.53. The predicted octanol–water partition coefficient (Wildman–Crippen LogP) is 1.38. The second kappa shape index (κ2) is 10.9. The van der Waals surface area contributed by atoms with Crippen LogP contribution in [0.25, 0.3) is 0 Å². The summed E-state index contributed by atoms with van der Waals surface area (Å²) in [4.78, 5) is 0. The van der Waals surface area contributed by atoms with Gasteiger partial charge in [0.05, 0.1) is 26.4 Å². The Morgan fingerprint density at radius 3 is 2.05 bits per heavy atom. The third-order valence-corrected chi connectivity index (χ3v) is 3.55. The quantitative estimate of drug-likeness (QED) is 0.443. The van der Waals surface area contributed by atoms with E-state index in [0.29, 0.717) is 13.2 Å². The Morgan fingerprint density at radius 1 is 1.00 bits per heavy atom. The summed E-state index contributed by atoms with van der Waals surface area (Å²) in [6, 6.07) is 0. The SMILES string of the molecule is CCC1=CCC(COC(O)COC)=C(COC(O)COC)C1. The zero-order valence-corrected chi connectivity index (χ0v) is 13.7. The molecule has 2 atom stereocenters. The van der Waals surface area contributed by atoms with Gasteiger partial charge in [0.25, 0.3) is 0 Å². The Balaban J connectivity index is 2.59. The number of hydrogen-bond acceptors (Lipinski definition) is 6. The lowest BCUT2D eigenvalue weighted by atomic mass is 9.91. The van der Waals surface area contributed by atoms with Crippen molar-refractivity contribution < 1.29 is 29.2 Å². The van der Waals surface area contributed by atoms with Gasteiger partial charge in [0.1, 0.15) is 0 Å². The minimum atomic E-state index is -0.935. The fourth-order valence-corrected chi connectivity index (χ4v) is 2.24. The highest BCUT2D eigenvalue weighted by molar-refractivity contribution is 5.30. The van der Waals surface area contributed by atoms with Crippen molar-refractivity contribution >= 4 is 0 Å². The summed E-state index contributed by atoms with van der Waals surface area (Å²) in [7, 11) is 3.03. The average molecular weight is 316 g/mol. The summed E-state index contributed by atoms with van der Waals surface area (Å²) in [6.45, 7) is 3.07. The number of rotatable bonds is 11. The molecule has 0 aromatic carbocycles. The highest BCUT2D eigenvalue weighted by atomic mass is 16.6. The Kier molecular flexibility index (Phi) is 9.54. The van der Waals surface area contributed by atoms with Gasteiger partial charge in [-0.15, -0.1) is 0 Å². The molecule has 6 heteroatoms. The molecule has 0 fully saturated rings. The van der Waals surface area contributed by atoms with Crippen molar-refractivity contribution in [2.24, 2.45) is 0 Å². The minimum absolute atomic E-state index is 0.141. The highest BCUT2D eigenvalue weighted by Crippen LogP contribution is 2.27. The van der Waals surface area contributed by atoms with Gasteiger partial charge in [-0.25, -0.2) is 0 Å². The van der Waals surface area contributed by atoms with E-state index >= 15 is 0 Å². The monoisotopic (exact) mass is 316 g/mol. The minimum Gasteiger partial charge on any atom is -0.379 e. The molecule has 22 heavy (non-hydrogen) atoms. The van der Waals surface area contributed by atoms with Crippen LogP contribution in [-0.2, 0) is 18.9 Å². The van der Waals surface area contributed by atoms with Crippen LogP contribution in [0, 0.1) is 0 Å². The molecular weight excluding hydrogens is 288 g/mol. The lowest BCUT2D eigenvalue weighted by molar-refractivity contribution is -0.129. The Morgan fingerprint density at radius 2 is 1.55 bits per heavy atom. The lowest BCUT2D eigenvalue weighted by Crippen LogP contribution is -2.23. The first-order chi connectivity index (χ1) is 10.6. The largest absolute Gasteiger partial charge is 0.379 e. The molecule has 0 bridgehead atoms. The van der Waals surface area contributed by atoms with Crippen molar-refractivity contribution in [2.75, 3.05) is 40.6 Å². The van der Waals surface area contributed by atoms with Crippen LogP contribution in [0.1, 0.15) is 26.2 Å². The van der Waals surface area contributed by atoms with Crippen LogP contribution in [0.3, 0.4) is 0 Å². The Hall–Kier alpha value is -0.760. The van der Waals surface area contributed by atoms with Crippen molar-refractivity contribution in [3.05, 3.63) is 22.8 Å². The molecule has 2 unspecified atom stereocenters. The highest BCUT2D eigenvalue weighted by Gasteiger charge is 2.16. The predicted molar refractivity (Wildman–Crippen MR) is 82.3 cm³/mol. The first kappa shape index (κ1) is 19.3. The summed E-state index contributed by atoms with van der Waals surface area (Å²) in [6.07, 6.45) is 2.91. The van der Waals surface area contributed by atoms with Gasteiger partial charge in [0.2, 0.25) is 0 Å². The van der Waals surface area contributed by atoms with Gasteiger partial charge in [0, 0.05) is 14.2 Å². The van der Waals surface area contributed by atoms with Gasteiger partial charge < -0.3 is 29.2 Å². The second-order valence-corrected chi connectivity index (χ2v) is 5.25. The van der Waals surface area contributed by atoms with E-state index in [0.717, 1.165) is 30.4 Å². The molecule has 0 aliphatic heterocycles. The van der Waals surface area contributed by atoms with E-state index in [1.54, 1.807) is 0 Å². The zero-order valence-electron chi connectivity index (χ0n) is 13.7. The van der Waals surface area contributed by atoms with Gasteiger partial charge in [-0.1, -0.05) is 18.6 Å². The Labute approximate surface area is 132 Å². The third-order valence-electron chi connectivity index (χ3n) is 3.55. The normalized spacial score (nSPS) is 18.3. The molecule has 1 aliphatic carbocycles. The lowest BCUT2D eigenvalue weighted by Gasteiger charge is -2.23. The first-order valence-electron chi connectivity index (χ1n) is 7.55. The number of ether oxygens (including phenoxy) is 4. The van der Waals surface area contributed by atoms with Crippen LogP contribution in [0.15, 0.2) is 22.8 Å². The molecule has 0 amide bonds. The molecule has 1 rings (SSSR count). The van der Waals surface area contributed by atoms with E-state index in [1.165, 1.54) is 19.8 Å². The maximum atomic E-state index is 9.61. The Bertz CT molecular complexity index is 377. The summed E-state index contributed by atoms with van der Waals surface area (Å²) >= 11 is 0. The van der Waals surface area contributed by atoms with Crippen molar-refractivity contribution in [1.82, 2.24) is 0 Å². The molecule has 0 saturated carbocycles. The van der Waals surface area contributed by atoms with Crippen LogP contribution in [-0.4, -0.2) is 63.4 Å². The summed E-state index contributed by atoms with van der Waals surface area (Å²) < 4.78 is 20.5. The summed E-state index contributed by atoms with van der Waals surface area (Å²) in [5.74, 6) is 0. The van der Waals surface area contributed by atoms with Gasteiger partial charge in [-0.2, -0.15) is 0 Å². The van der Waals surface area contributed by atoms with Crippen molar-refractivity contribution in [1.29, 1.82) is 0 Å². The zero-order chi connectivity index (χ0) is 16.4. The molecule has 0 radical (unpaired) electrons. The molecule has 0 saturated heterocycles. The van der Waals surface area contributed by atoms with Crippen molar-refractivity contribution in [3.8, 4) is 0 Å². The second-order valence-electron chi connectivity index (χ2n) is 5.25. The topological polar surface area (TPSA) is 77.4 Å². The van der Waals surface area contributed by atoms with E-state index in [9.17, 15) is 10.2 Å². The number of methoxy groups -OCH3 is 2. The van der Waals surface area contributed by atoms with Crippen LogP contribution in [0.4, 0.5) is 0 Å². The number of aliphatic hydroxyl groups is 2. The van der Waals surface area contributed by atoms with Gasteiger partial charge in [-0.05, 0) is 30.4 Å². The van der Waals surface area contributed by atoms with Crippen LogP contribution in [0.5, 0.6) is 0 Å². The van der Waals surface area contributed by atoms with E-state index in [-0.39, 0.29) is 13.2 Å². The molecule has 0 aromatic heterocycles. The standard InChI is InChI=1S/C16H28O6/c1-4-12-5-6-13(8-21-15(17)10-19-2)14(7-12)9-22-16(18)11-20-3/h5,15-18H,4,6-11H2,1-3H3. The molecular formula is C16H28O6. The molecule has 128 valence electrons. The maximum absolute atomic E-state index is 9.61. The van der Waals surface area contributed by atoms with Crippen molar-refractivity contribution in [2.45, 2.75) is 38.8 Å². The first-order valence-corrected chi connectivity index (χ1v) is 7.55. The molecule has 6 nitrogen and oxygen atoms in total. The average Bonchev–Trinajstić information content (AvgIpc) is 2.51. The van der Waals surface area contributed by atoms with Crippen LogP contribution >= 0.6 is 0 Å². The van der Waals surface area contributed by atoms with Crippen molar-refractivity contribution in [3.63, 3.8) is 0 Å². The molecule has 1 aliphatic rings. The number of allylic oxidation sites excluding steroid dienone is 2. The van der Waals surface area contributed by atoms with E-state index in [4.69, 9.17) is 18.9 Å². The molecule has 2 N–H and O–H groups in total. The van der Waals surface area contributed by atoms with Crippen LogP contribution in [0.2, 0.25) is 0 Å². The number of aliphatic hydroxyl groups excluding tert-OH is 2. The third kappa shape index (κ3) is 7.00. The molecule has 0 heterocycles. The van der Waals surface area contributed by atoms with E-state index in [2.05, 4.69) is 13.0 Å². The fraction of sp³-hybridized carbons (Fsp3) is 0.750. The maximum Gasteiger partial charge on any atom is 0.178 e. The molecule has 0 spiro atoms.